The van der Waals surface area contributed by atoms with E-state index < -0.39 is 0 Å². The maximum absolute atomic E-state index is 12.7. The predicted octanol–water partition coefficient (Wildman–Crippen LogP) is 2.17. The minimum Gasteiger partial charge on any atom is -0.345 e. The highest BCUT2D eigenvalue weighted by Gasteiger charge is 2.30. The smallest absolute Gasteiger partial charge is 0.189 e. The molecule has 2 N–H and O–H groups in total. The van der Waals surface area contributed by atoms with E-state index in [0.29, 0.717) is 17.9 Å². The first-order chi connectivity index (χ1) is 12.3. The van der Waals surface area contributed by atoms with Gasteiger partial charge in [0.2, 0.25) is 0 Å². The van der Waals surface area contributed by atoms with Crippen molar-refractivity contribution >= 4 is 28.5 Å². The largest absolute Gasteiger partial charge is 0.345 e. The van der Waals surface area contributed by atoms with Crippen molar-refractivity contribution in [2.75, 3.05) is 18.4 Å². The minimum atomic E-state index is -0.0790. The average Bonchev–Trinajstić information content (AvgIpc) is 3.30. The Morgan fingerprint density at radius 3 is 3.16 bits per heavy atom. The van der Waals surface area contributed by atoms with Crippen LogP contribution < -0.4 is 5.32 Å². The van der Waals surface area contributed by atoms with Crippen LogP contribution in [0.3, 0.4) is 0 Å². The number of carbonyl (C=O) groups excluding carboxylic acids is 1. The molecule has 0 fully saturated rings. The van der Waals surface area contributed by atoms with E-state index in [1.807, 2.05) is 29.2 Å². The first-order valence-electron chi connectivity index (χ1n) is 8.03. The summed E-state index contributed by atoms with van der Waals surface area (Å²) in [7, 11) is 0. The Morgan fingerprint density at radius 1 is 1.24 bits per heavy atom. The number of aromatic nitrogens is 3. The number of nitrogens with one attached hydrogen (secondary N) is 2. The number of imidazole rings is 1. The van der Waals surface area contributed by atoms with Crippen LogP contribution in [0, 0.1) is 0 Å². The molecule has 2 aromatic heterocycles. The van der Waals surface area contributed by atoms with Gasteiger partial charge in [0.15, 0.2) is 5.78 Å². The quantitative estimate of drug-likeness (QED) is 0.555. The van der Waals surface area contributed by atoms with Crippen molar-refractivity contribution < 1.29 is 4.79 Å². The molecule has 1 aromatic carbocycles. The van der Waals surface area contributed by atoms with E-state index in [1.54, 1.807) is 24.7 Å². The summed E-state index contributed by atoms with van der Waals surface area (Å²) in [5.41, 5.74) is 3.25. The van der Waals surface area contributed by atoms with E-state index in [9.17, 15) is 4.79 Å². The number of benzene rings is 1. The molecule has 7 nitrogen and oxygen atoms in total. The molecule has 2 aliphatic heterocycles. The summed E-state index contributed by atoms with van der Waals surface area (Å²) in [6, 6.07) is 9.31. The Morgan fingerprint density at radius 2 is 2.20 bits per heavy atom. The van der Waals surface area contributed by atoms with Crippen LogP contribution in [0.4, 0.5) is 5.82 Å². The number of rotatable bonds is 2. The fourth-order valence-electron chi connectivity index (χ4n) is 3.20. The van der Waals surface area contributed by atoms with E-state index in [0.717, 1.165) is 34.8 Å². The van der Waals surface area contributed by atoms with Gasteiger partial charge in [0.25, 0.3) is 0 Å². The topological polar surface area (TPSA) is 86.3 Å². The molecule has 0 amide bonds. The maximum atomic E-state index is 12.7. The van der Waals surface area contributed by atoms with E-state index in [2.05, 4.69) is 25.3 Å². The molecular formula is C18H14N6O. The number of carbonyl (C=O) groups is 1. The summed E-state index contributed by atoms with van der Waals surface area (Å²) in [5, 5.41) is 3.26. The molecule has 7 heteroatoms. The van der Waals surface area contributed by atoms with Crippen LogP contribution in [0.25, 0.3) is 11.0 Å². The van der Waals surface area contributed by atoms with Gasteiger partial charge in [-0.15, -0.1) is 0 Å². The SMILES string of the molecule is O=C(C=C1Nc2ncccc2C2=NCCN12)c1ccc2nc[nH]c2c1. The summed E-state index contributed by atoms with van der Waals surface area (Å²) in [6.07, 6.45) is 4.95. The number of aromatic amines is 1. The monoisotopic (exact) mass is 330 g/mol. The zero-order valence-electron chi connectivity index (χ0n) is 13.2. The molecule has 2 aliphatic rings. The number of ketones is 1. The third-order valence-corrected chi connectivity index (χ3v) is 4.40. The van der Waals surface area contributed by atoms with Crippen LogP contribution in [0.15, 0.2) is 59.7 Å². The van der Waals surface area contributed by atoms with E-state index >= 15 is 0 Å². The summed E-state index contributed by atoms with van der Waals surface area (Å²) in [4.78, 5) is 30.9. The molecule has 0 unspecified atom stereocenters. The van der Waals surface area contributed by atoms with Crippen LogP contribution in [-0.4, -0.2) is 44.6 Å². The van der Waals surface area contributed by atoms with Crippen LogP contribution in [0.5, 0.6) is 0 Å². The summed E-state index contributed by atoms with van der Waals surface area (Å²) < 4.78 is 0. The molecule has 122 valence electrons. The Hall–Kier alpha value is -3.48. The second kappa shape index (κ2) is 5.27. The van der Waals surface area contributed by atoms with Crippen LogP contribution >= 0.6 is 0 Å². The van der Waals surface area contributed by atoms with Gasteiger partial charge in [-0.3, -0.25) is 9.79 Å². The van der Waals surface area contributed by atoms with Gasteiger partial charge in [0, 0.05) is 24.4 Å². The zero-order valence-corrected chi connectivity index (χ0v) is 13.2. The van der Waals surface area contributed by atoms with E-state index in [4.69, 9.17) is 0 Å². The van der Waals surface area contributed by atoms with Crippen molar-refractivity contribution in [2.24, 2.45) is 4.99 Å². The number of hydrogen-bond acceptors (Lipinski definition) is 6. The Bertz CT molecular complexity index is 1060. The molecule has 0 spiro atoms. The molecule has 0 saturated carbocycles. The molecule has 4 heterocycles. The lowest BCUT2D eigenvalue weighted by Gasteiger charge is -2.30. The highest BCUT2D eigenvalue weighted by Crippen LogP contribution is 2.28. The normalized spacial score (nSPS) is 17.2. The molecular weight excluding hydrogens is 316 g/mol. The molecule has 0 atom stereocenters. The molecule has 0 radical (unpaired) electrons. The van der Waals surface area contributed by atoms with Crippen LogP contribution in [0.2, 0.25) is 0 Å². The third-order valence-electron chi connectivity index (χ3n) is 4.40. The van der Waals surface area contributed by atoms with Crippen molar-refractivity contribution in [1.29, 1.82) is 0 Å². The predicted molar refractivity (Wildman–Crippen MR) is 94.5 cm³/mol. The van der Waals surface area contributed by atoms with E-state index in [-0.39, 0.29) is 5.78 Å². The van der Waals surface area contributed by atoms with Gasteiger partial charge in [0.05, 0.1) is 29.5 Å². The average molecular weight is 330 g/mol. The number of nitrogens with zero attached hydrogens (tertiary/aromatic N) is 4. The molecule has 0 saturated heterocycles. The number of anilines is 1. The van der Waals surface area contributed by atoms with Gasteiger partial charge in [-0.1, -0.05) is 0 Å². The second-order valence-corrected chi connectivity index (χ2v) is 5.91. The molecule has 5 rings (SSSR count). The lowest BCUT2D eigenvalue weighted by molar-refractivity contribution is 0.104. The Balaban J connectivity index is 1.54. The molecule has 25 heavy (non-hydrogen) atoms. The first-order valence-corrected chi connectivity index (χ1v) is 8.03. The number of hydrogen-bond donors (Lipinski definition) is 2. The third kappa shape index (κ3) is 2.20. The fourth-order valence-corrected chi connectivity index (χ4v) is 3.20. The van der Waals surface area contributed by atoms with Gasteiger partial charge in [0.1, 0.15) is 17.5 Å². The van der Waals surface area contributed by atoms with Crippen LogP contribution in [-0.2, 0) is 0 Å². The van der Waals surface area contributed by atoms with Crippen molar-refractivity contribution in [3.05, 3.63) is 65.9 Å². The first kappa shape index (κ1) is 13.9. The maximum Gasteiger partial charge on any atom is 0.189 e. The Kier molecular flexibility index (Phi) is 2.93. The number of allylic oxidation sites excluding steroid dienone is 1. The van der Waals surface area contributed by atoms with Gasteiger partial charge in [-0.2, -0.15) is 0 Å². The van der Waals surface area contributed by atoms with Crippen molar-refractivity contribution in [3.63, 3.8) is 0 Å². The van der Waals surface area contributed by atoms with Crippen molar-refractivity contribution in [3.8, 4) is 0 Å². The number of amidine groups is 1. The molecule has 3 aromatic rings. The van der Waals surface area contributed by atoms with Gasteiger partial charge < -0.3 is 15.2 Å². The Labute approximate surface area is 143 Å². The van der Waals surface area contributed by atoms with Gasteiger partial charge >= 0.3 is 0 Å². The highest BCUT2D eigenvalue weighted by molar-refractivity contribution is 6.10. The minimum absolute atomic E-state index is 0.0790. The standard InChI is InChI=1S/C18H14N6O/c25-15(11-3-4-13-14(8-11)22-10-21-13)9-16-23-17-12(2-1-5-19-17)18-20-6-7-24(16)18/h1-5,8-10H,6-7H2,(H,19,23)(H,21,22). The number of pyridine rings is 1. The highest BCUT2D eigenvalue weighted by atomic mass is 16.1. The lowest BCUT2D eigenvalue weighted by Crippen LogP contribution is -2.36. The number of H-pyrrole nitrogens is 1. The van der Waals surface area contributed by atoms with Crippen molar-refractivity contribution in [1.82, 2.24) is 19.9 Å². The zero-order chi connectivity index (χ0) is 16.8. The van der Waals surface area contributed by atoms with Gasteiger partial charge in [-0.25, -0.2) is 9.97 Å². The van der Waals surface area contributed by atoms with Gasteiger partial charge in [-0.05, 0) is 30.3 Å². The lowest BCUT2D eigenvalue weighted by atomic mass is 10.1. The molecule has 0 aliphatic carbocycles. The summed E-state index contributed by atoms with van der Waals surface area (Å²) in [6.45, 7) is 1.45. The fraction of sp³-hybridized carbons (Fsp3) is 0.111. The van der Waals surface area contributed by atoms with E-state index in [1.165, 1.54) is 0 Å². The second-order valence-electron chi connectivity index (χ2n) is 5.91. The van der Waals surface area contributed by atoms with Crippen molar-refractivity contribution in [2.45, 2.75) is 0 Å². The number of aliphatic imine (C=N–C) groups is 1. The molecule has 0 bridgehead atoms. The summed E-state index contributed by atoms with van der Waals surface area (Å²) >= 11 is 0. The summed E-state index contributed by atoms with van der Waals surface area (Å²) in [5.74, 6) is 2.22. The number of fused-ring (bicyclic) bond motifs is 4. The van der Waals surface area contributed by atoms with Crippen LogP contribution in [0.1, 0.15) is 15.9 Å².